The van der Waals surface area contributed by atoms with Crippen LogP contribution in [0.15, 0.2) is 77.7 Å². The maximum Gasteiger partial charge on any atom is 0.264 e. The molecule has 0 saturated carbocycles. The molecule has 1 aliphatic heterocycles. The van der Waals surface area contributed by atoms with Gasteiger partial charge in [0.1, 0.15) is 18.0 Å². The van der Waals surface area contributed by atoms with Crippen LogP contribution in [0.3, 0.4) is 0 Å². The van der Waals surface area contributed by atoms with Crippen LogP contribution in [0.1, 0.15) is 11.1 Å². The summed E-state index contributed by atoms with van der Waals surface area (Å²) in [5.41, 5.74) is 2.28. The number of benzene rings is 3. The second kappa shape index (κ2) is 12.8. The molecule has 0 radical (unpaired) electrons. The van der Waals surface area contributed by atoms with E-state index in [0.29, 0.717) is 11.5 Å². The van der Waals surface area contributed by atoms with Crippen molar-refractivity contribution in [1.82, 2.24) is 10.2 Å². The highest BCUT2D eigenvalue weighted by atomic mass is 32.2. The average Bonchev–Trinajstić information content (AvgIpc) is 2.95. The molecule has 1 N–H and O–H groups in total. The fourth-order valence-corrected chi connectivity index (χ4v) is 5.70. The minimum atomic E-state index is -4.09. The van der Waals surface area contributed by atoms with E-state index in [4.69, 9.17) is 14.2 Å². The van der Waals surface area contributed by atoms with E-state index >= 15 is 0 Å². The molecule has 0 atom stereocenters. The second-order valence-corrected chi connectivity index (χ2v) is 10.7. The molecule has 3 aromatic rings. The van der Waals surface area contributed by atoms with Crippen molar-refractivity contribution in [1.29, 1.82) is 0 Å². The molecule has 1 fully saturated rings. The highest BCUT2D eigenvalue weighted by Gasteiger charge is 2.30. The highest BCUT2D eigenvalue weighted by molar-refractivity contribution is 7.92. The van der Waals surface area contributed by atoms with Crippen molar-refractivity contribution in [3.63, 3.8) is 0 Å². The SMILES string of the molecule is COc1ccc(OC)c(N(CC(=O)NCc2cccc(CN3CCOCC3)c2)S(=O)(=O)c2ccccc2)c1. The molecule has 202 valence electrons. The zero-order valence-electron chi connectivity index (χ0n) is 21.6. The average molecular weight is 540 g/mol. The summed E-state index contributed by atoms with van der Waals surface area (Å²) in [4.78, 5) is 15.5. The van der Waals surface area contributed by atoms with Crippen LogP contribution in [0.4, 0.5) is 5.69 Å². The van der Waals surface area contributed by atoms with Gasteiger partial charge < -0.3 is 19.5 Å². The molecule has 4 rings (SSSR count). The molecule has 3 aromatic carbocycles. The summed E-state index contributed by atoms with van der Waals surface area (Å²) in [5.74, 6) is 0.286. The molecule has 0 bridgehead atoms. The quantitative estimate of drug-likeness (QED) is 0.400. The summed E-state index contributed by atoms with van der Waals surface area (Å²) in [6, 6.07) is 20.8. The van der Waals surface area contributed by atoms with Crippen molar-refractivity contribution < 1.29 is 27.4 Å². The second-order valence-electron chi connectivity index (χ2n) is 8.85. The maximum absolute atomic E-state index is 13.7. The lowest BCUT2D eigenvalue weighted by Gasteiger charge is -2.27. The maximum atomic E-state index is 13.7. The number of hydrogen-bond donors (Lipinski definition) is 1. The molecule has 9 nitrogen and oxygen atoms in total. The molecule has 1 aliphatic rings. The summed E-state index contributed by atoms with van der Waals surface area (Å²) in [5, 5.41) is 2.87. The number of amides is 1. The number of sulfonamides is 1. The Morgan fingerprint density at radius 1 is 0.947 bits per heavy atom. The van der Waals surface area contributed by atoms with Crippen LogP contribution in [-0.4, -0.2) is 66.3 Å². The number of nitrogens with one attached hydrogen (secondary N) is 1. The minimum absolute atomic E-state index is 0.0634. The molecular weight excluding hydrogens is 506 g/mol. The van der Waals surface area contributed by atoms with Gasteiger partial charge in [-0.1, -0.05) is 42.5 Å². The lowest BCUT2D eigenvalue weighted by atomic mass is 10.1. The third kappa shape index (κ3) is 6.83. The van der Waals surface area contributed by atoms with Crippen molar-refractivity contribution in [3.8, 4) is 11.5 Å². The Labute approximate surface area is 224 Å². The van der Waals surface area contributed by atoms with Crippen LogP contribution < -0.4 is 19.1 Å². The van der Waals surface area contributed by atoms with E-state index in [1.807, 2.05) is 12.1 Å². The first-order chi connectivity index (χ1) is 18.4. The van der Waals surface area contributed by atoms with Crippen LogP contribution in [0.25, 0.3) is 0 Å². The van der Waals surface area contributed by atoms with E-state index in [0.717, 1.165) is 48.3 Å². The van der Waals surface area contributed by atoms with E-state index < -0.39 is 22.5 Å². The van der Waals surface area contributed by atoms with Crippen LogP contribution in [-0.2, 0) is 32.6 Å². The lowest BCUT2D eigenvalue weighted by molar-refractivity contribution is -0.119. The Morgan fingerprint density at radius 2 is 1.68 bits per heavy atom. The van der Waals surface area contributed by atoms with Gasteiger partial charge in [-0.25, -0.2) is 8.42 Å². The third-order valence-corrected chi connectivity index (χ3v) is 8.04. The summed E-state index contributed by atoms with van der Waals surface area (Å²) in [6.45, 7) is 3.88. The Morgan fingerprint density at radius 3 is 2.39 bits per heavy atom. The van der Waals surface area contributed by atoms with Gasteiger partial charge in [0.25, 0.3) is 10.0 Å². The van der Waals surface area contributed by atoms with Gasteiger partial charge in [-0.3, -0.25) is 14.0 Å². The van der Waals surface area contributed by atoms with E-state index in [2.05, 4.69) is 22.3 Å². The van der Waals surface area contributed by atoms with Crippen molar-refractivity contribution in [2.45, 2.75) is 18.0 Å². The molecule has 1 heterocycles. The predicted molar refractivity (Wildman–Crippen MR) is 145 cm³/mol. The van der Waals surface area contributed by atoms with E-state index in [1.165, 1.54) is 26.4 Å². The molecule has 0 unspecified atom stereocenters. The molecule has 1 saturated heterocycles. The first-order valence-electron chi connectivity index (χ1n) is 12.3. The van der Waals surface area contributed by atoms with E-state index in [9.17, 15) is 13.2 Å². The van der Waals surface area contributed by atoms with Gasteiger partial charge in [-0.15, -0.1) is 0 Å². The standard InChI is InChI=1S/C28H33N3O6S/c1-35-24-11-12-27(36-2)26(18-24)31(38(33,34)25-9-4-3-5-10-25)21-28(32)29-19-22-7-6-8-23(17-22)20-30-13-15-37-16-14-30/h3-12,17-18H,13-16,19-21H2,1-2H3,(H,29,32). The number of morpholine rings is 1. The summed E-state index contributed by atoms with van der Waals surface area (Å²) in [7, 11) is -1.16. The number of hydrogen-bond acceptors (Lipinski definition) is 7. The van der Waals surface area contributed by atoms with Crippen LogP contribution in [0.2, 0.25) is 0 Å². The first kappa shape index (κ1) is 27.4. The smallest absolute Gasteiger partial charge is 0.264 e. The van der Waals surface area contributed by atoms with Crippen molar-refractivity contribution in [3.05, 3.63) is 83.9 Å². The molecule has 1 amide bonds. The number of anilines is 1. The van der Waals surface area contributed by atoms with E-state index in [-0.39, 0.29) is 17.1 Å². The minimum Gasteiger partial charge on any atom is -0.497 e. The zero-order chi connectivity index (χ0) is 27.0. The van der Waals surface area contributed by atoms with Gasteiger partial charge in [-0.05, 0) is 35.4 Å². The first-order valence-corrected chi connectivity index (χ1v) is 13.8. The number of rotatable bonds is 11. The summed E-state index contributed by atoms with van der Waals surface area (Å²) in [6.07, 6.45) is 0. The van der Waals surface area contributed by atoms with Crippen LogP contribution in [0, 0.1) is 0 Å². The number of carbonyl (C=O) groups is 1. The zero-order valence-corrected chi connectivity index (χ0v) is 22.4. The predicted octanol–water partition coefficient (Wildman–Crippen LogP) is 3.05. The number of ether oxygens (including phenoxy) is 3. The van der Waals surface area contributed by atoms with E-state index in [1.54, 1.807) is 36.4 Å². The van der Waals surface area contributed by atoms with Gasteiger partial charge in [0.15, 0.2) is 0 Å². The molecule has 0 aromatic heterocycles. The molecule has 0 aliphatic carbocycles. The topological polar surface area (TPSA) is 97.4 Å². The Bertz CT molecular complexity index is 1330. The van der Waals surface area contributed by atoms with Crippen molar-refractivity contribution in [2.75, 3.05) is 51.4 Å². The number of nitrogens with zero attached hydrogens (tertiary/aromatic N) is 2. The summed E-state index contributed by atoms with van der Waals surface area (Å²) >= 11 is 0. The molecule has 0 spiro atoms. The normalized spacial score (nSPS) is 14.1. The molecule has 38 heavy (non-hydrogen) atoms. The van der Waals surface area contributed by atoms with Gasteiger partial charge in [0.05, 0.1) is 38.0 Å². The Kier molecular flexibility index (Phi) is 9.22. The largest absolute Gasteiger partial charge is 0.497 e. The fraction of sp³-hybridized carbons (Fsp3) is 0.321. The number of methoxy groups -OCH3 is 2. The summed E-state index contributed by atoms with van der Waals surface area (Å²) < 4.78 is 44.6. The Balaban J connectivity index is 1.53. The number of carbonyl (C=O) groups excluding carboxylic acids is 1. The van der Waals surface area contributed by atoms with Gasteiger partial charge >= 0.3 is 0 Å². The van der Waals surface area contributed by atoms with Crippen LogP contribution >= 0.6 is 0 Å². The third-order valence-electron chi connectivity index (χ3n) is 6.26. The van der Waals surface area contributed by atoms with Crippen LogP contribution in [0.5, 0.6) is 11.5 Å². The molecular formula is C28H33N3O6S. The fourth-order valence-electron chi connectivity index (χ4n) is 4.25. The monoisotopic (exact) mass is 539 g/mol. The van der Waals surface area contributed by atoms with Crippen molar-refractivity contribution in [2.24, 2.45) is 0 Å². The molecule has 10 heteroatoms. The van der Waals surface area contributed by atoms with Gasteiger partial charge in [0.2, 0.25) is 5.91 Å². The van der Waals surface area contributed by atoms with Crippen molar-refractivity contribution >= 4 is 21.6 Å². The lowest BCUT2D eigenvalue weighted by Crippen LogP contribution is -2.41. The Hall–Kier alpha value is -3.60. The van der Waals surface area contributed by atoms with Gasteiger partial charge in [-0.2, -0.15) is 0 Å². The highest BCUT2D eigenvalue weighted by Crippen LogP contribution is 2.35. The van der Waals surface area contributed by atoms with Gasteiger partial charge in [0, 0.05) is 32.2 Å².